The van der Waals surface area contributed by atoms with Gasteiger partial charge < -0.3 is 5.32 Å². The molecule has 8 heteroatoms. The first-order valence-corrected chi connectivity index (χ1v) is 8.98. The van der Waals surface area contributed by atoms with E-state index in [2.05, 4.69) is 21.2 Å². The summed E-state index contributed by atoms with van der Waals surface area (Å²) in [5.41, 5.74) is 0.933. The van der Waals surface area contributed by atoms with E-state index >= 15 is 0 Å². The summed E-state index contributed by atoms with van der Waals surface area (Å²) in [4.78, 5) is 12.1. The fourth-order valence-corrected chi connectivity index (χ4v) is 3.15. The lowest BCUT2D eigenvalue weighted by Gasteiger charge is -2.10. The van der Waals surface area contributed by atoms with Crippen LogP contribution in [0.15, 0.2) is 45.8 Å². The molecule has 0 heterocycles. The Labute approximate surface area is 141 Å². The Morgan fingerprint density at radius 3 is 2.52 bits per heavy atom. The Morgan fingerprint density at radius 2 is 1.96 bits per heavy atom. The molecule has 122 valence electrons. The maximum atomic E-state index is 13.5. The molecule has 0 spiro atoms. The van der Waals surface area contributed by atoms with Crippen LogP contribution in [0.4, 0.5) is 10.1 Å². The fourth-order valence-electron chi connectivity index (χ4n) is 2.03. The van der Waals surface area contributed by atoms with E-state index in [-0.39, 0.29) is 20.6 Å². The molecular formula is C15H14BrFN2O3S. The molecule has 0 aliphatic carbocycles. The smallest absolute Gasteiger partial charge is 0.255 e. The van der Waals surface area contributed by atoms with E-state index in [0.717, 1.165) is 6.07 Å². The minimum Gasteiger partial charge on any atom is -0.322 e. The van der Waals surface area contributed by atoms with Crippen molar-refractivity contribution >= 4 is 37.5 Å². The molecular weight excluding hydrogens is 387 g/mol. The van der Waals surface area contributed by atoms with Crippen molar-refractivity contribution < 1.29 is 17.6 Å². The predicted octanol–water partition coefficient (Wildman–Crippen LogP) is 3.05. The number of hydrogen-bond acceptors (Lipinski definition) is 3. The number of hydrogen-bond donors (Lipinski definition) is 2. The molecule has 23 heavy (non-hydrogen) atoms. The van der Waals surface area contributed by atoms with Gasteiger partial charge in [0, 0.05) is 11.3 Å². The zero-order valence-electron chi connectivity index (χ0n) is 12.1. The van der Waals surface area contributed by atoms with Crippen molar-refractivity contribution in [1.29, 1.82) is 0 Å². The highest BCUT2D eigenvalue weighted by atomic mass is 79.9. The van der Waals surface area contributed by atoms with Gasteiger partial charge in [-0.2, -0.15) is 0 Å². The van der Waals surface area contributed by atoms with Gasteiger partial charge in [-0.25, -0.2) is 17.9 Å². The number of nitrogens with two attached hydrogens (primary N) is 1. The zero-order chi connectivity index (χ0) is 17.2. The average molecular weight is 401 g/mol. The number of aryl methyl sites for hydroxylation is 1. The summed E-state index contributed by atoms with van der Waals surface area (Å²) < 4.78 is 36.9. The van der Waals surface area contributed by atoms with Crippen LogP contribution < -0.4 is 10.5 Å². The molecule has 1 amide bonds. The van der Waals surface area contributed by atoms with Crippen molar-refractivity contribution in [2.75, 3.05) is 5.32 Å². The summed E-state index contributed by atoms with van der Waals surface area (Å²) >= 11 is 3.01. The van der Waals surface area contributed by atoms with Crippen LogP contribution in [0.25, 0.3) is 0 Å². The third-order valence-electron chi connectivity index (χ3n) is 3.19. The Morgan fingerprint density at radius 1 is 1.26 bits per heavy atom. The fraction of sp³-hybridized carbons (Fsp3) is 0.133. The first-order valence-electron chi connectivity index (χ1n) is 6.64. The molecule has 0 radical (unpaired) electrons. The first-order chi connectivity index (χ1) is 10.7. The summed E-state index contributed by atoms with van der Waals surface area (Å²) in [6.45, 7) is 1.80. The molecule has 0 saturated carbocycles. The topological polar surface area (TPSA) is 89.3 Å². The molecule has 2 aromatic rings. The highest BCUT2D eigenvalue weighted by Crippen LogP contribution is 2.22. The lowest BCUT2D eigenvalue weighted by Crippen LogP contribution is -2.16. The van der Waals surface area contributed by atoms with E-state index in [1.807, 2.05) is 0 Å². The van der Waals surface area contributed by atoms with Crippen molar-refractivity contribution in [1.82, 2.24) is 0 Å². The van der Waals surface area contributed by atoms with Gasteiger partial charge >= 0.3 is 0 Å². The number of benzene rings is 2. The molecule has 0 aromatic heterocycles. The molecule has 3 N–H and O–H groups in total. The molecule has 0 atom stereocenters. The van der Waals surface area contributed by atoms with Crippen molar-refractivity contribution in [3.05, 3.63) is 57.8 Å². The number of nitrogens with one attached hydrogen (secondary N) is 1. The van der Waals surface area contributed by atoms with Crippen LogP contribution in [-0.4, -0.2) is 14.3 Å². The van der Waals surface area contributed by atoms with Crippen LogP contribution in [-0.2, 0) is 16.4 Å². The Bertz CT molecular complexity index is 869. The quantitative estimate of drug-likeness (QED) is 0.826. The van der Waals surface area contributed by atoms with Crippen LogP contribution in [0.1, 0.15) is 22.8 Å². The number of sulfonamides is 1. The van der Waals surface area contributed by atoms with E-state index in [4.69, 9.17) is 5.14 Å². The molecule has 0 saturated heterocycles. The first kappa shape index (κ1) is 17.6. The number of rotatable bonds is 4. The van der Waals surface area contributed by atoms with Gasteiger partial charge in [0.1, 0.15) is 5.82 Å². The molecule has 0 unspecified atom stereocenters. The largest absolute Gasteiger partial charge is 0.322 e. The van der Waals surface area contributed by atoms with Gasteiger partial charge in [-0.3, -0.25) is 4.79 Å². The summed E-state index contributed by atoms with van der Waals surface area (Å²) in [7, 11) is -3.90. The minimum absolute atomic E-state index is 0.0419. The normalized spacial score (nSPS) is 11.3. The average Bonchev–Trinajstić information content (AvgIpc) is 2.49. The molecule has 0 fully saturated rings. The summed E-state index contributed by atoms with van der Waals surface area (Å²) in [6.07, 6.45) is 0.484. The van der Waals surface area contributed by atoms with Gasteiger partial charge in [0.25, 0.3) is 5.91 Å². The highest BCUT2D eigenvalue weighted by molar-refractivity contribution is 9.10. The molecule has 0 aliphatic rings. The minimum atomic E-state index is -3.90. The number of anilines is 1. The van der Waals surface area contributed by atoms with Gasteiger partial charge in [-0.15, -0.1) is 0 Å². The molecule has 0 bridgehead atoms. The molecule has 0 aliphatic heterocycles. The lowest BCUT2D eigenvalue weighted by atomic mass is 10.1. The Balaban J connectivity index is 2.33. The van der Waals surface area contributed by atoms with Crippen LogP contribution in [0, 0.1) is 5.82 Å². The van der Waals surface area contributed by atoms with E-state index in [1.165, 1.54) is 18.2 Å². The second-order valence-corrected chi connectivity index (χ2v) is 7.19. The van der Waals surface area contributed by atoms with Crippen LogP contribution >= 0.6 is 15.9 Å². The summed E-state index contributed by atoms with van der Waals surface area (Å²) in [5.74, 6) is -1.12. The van der Waals surface area contributed by atoms with Gasteiger partial charge in [-0.05, 0) is 58.2 Å². The van der Waals surface area contributed by atoms with Crippen molar-refractivity contribution in [2.24, 2.45) is 5.14 Å². The van der Waals surface area contributed by atoms with E-state index in [1.54, 1.807) is 19.1 Å². The zero-order valence-corrected chi connectivity index (χ0v) is 14.5. The number of carbonyl (C=O) groups excluding carboxylic acids is 1. The Kier molecular flexibility index (Phi) is 5.18. The third kappa shape index (κ3) is 4.15. The summed E-state index contributed by atoms with van der Waals surface area (Å²) in [5, 5.41) is 7.71. The molecule has 5 nitrogen and oxygen atoms in total. The third-order valence-corrected chi connectivity index (χ3v) is 4.83. The van der Waals surface area contributed by atoms with Gasteiger partial charge in [0.05, 0.1) is 9.37 Å². The Hall–Kier alpha value is -1.77. The number of halogens is 2. The van der Waals surface area contributed by atoms with E-state index in [9.17, 15) is 17.6 Å². The van der Waals surface area contributed by atoms with Crippen LogP contribution in [0.5, 0.6) is 0 Å². The maximum Gasteiger partial charge on any atom is 0.255 e. The second kappa shape index (κ2) is 6.77. The van der Waals surface area contributed by atoms with Gasteiger partial charge in [-0.1, -0.05) is 13.0 Å². The monoisotopic (exact) mass is 400 g/mol. The standard InChI is InChI=1S/C15H14BrFN2O3S/c1-2-9-3-5-11(8-14(9)23(18,21)22)19-15(20)10-4-6-12(16)13(17)7-10/h3-8H,2H2,1H3,(H,19,20)(H2,18,21,22). The van der Waals surface area contributed by atoms with Crippen molar-refractivity contribution in [3.63, 3.8) is 0 Å². The van der Waals surface area contributed by atoms with Gasteiger partial charge in [0.2, 0.25) is 10.0 Å². The summed E-state index contributed by atoms with van der Waals surface area (Å²) in [6, 6.07) is 8.39. The lowest BCUT2D eigenvalue weighted by molar-refractivity contribution is 0.102. The second-order valence-electron chi connectivity index (χ2n) is 4.80. The van der Waals surface area contributed by atoms with Crippen LogP contribution in [0.2, 0.25) is 0 Å². The highest BCUT2D eigenvalue weighted by Gasteiger charge is 2.15. The van der Waals surface area contributed by atoms with Crippen molar-refractivity contribution in [3.8, 4) is 0 Å². The number of amides is 1. The molecule has 2 rings (SSSR count). The van der Waals surface area contributed by atoms with Crippen LogP contribution in [0.3, 0.4) is 0 Å². The van der Waals surface area contributed by atoms with Gasteiger partial charge in [0.15, 0.2) is 0 Å². The SMILES string of the molecule is CCc1ccc(NC(=O)c2ccc(Br)c(F)c2)cc1S(N)(=O)=O. The predicted molar refractivity (Wildman–Crippen MR) is 89.2 cm³/mol. The molecule has 2 aromatic carbocycles. The van der Waals surface area contributed by atoms with E-state index < -0.39 is 21.7 Å². The van der Waals surface area contributed by atoms with Crippen molar-refractivity contribution in [2.45, 2.75) is 18.2 Å². The maximum absolute atomic E-state index is 13.5. The van der Waals surface area contributed by atoms with E-state index in [0.29, 0.717) is 12.0 Å². The number of carbonyl (C=O) groups is 1. The number of primary sulfonamides is 1.